The molecule has 0 aliphatic carbocycles. The van der Waals surface area contributed by atoms with Crippen LogP contribution < -0.4 is 0 Å². The first-order chi connectivity index (χ1) is 12.1. The average molecular weight is 419 g/mol. The molecule has 0 spiro atoms. The molecule has 0 aromatic heterocycles. The Balaban J connectivity index is 2.12. The summed E-state index contributed by atoms with van der Waals surface area (Å²) in [7, 11) is -1.11. The van der Waals surface area contributed by atoms with Crippen LogP contribution in [0, 0.1) is 6.92 Å². The smallest absolute Gasteiger partial charge is 0.0816 e. The van der Waals surface area contributed by atoms with Crippen molar-refractivity contribution in [2.45, 2.75) is 55.7 Å². The quantitative estimate of drug-likeness (QED) is 0.332. The van der Waals surface area contributed by atoms with Gasteiger partial charge in [0.15, 0.2) is 0 Å². The second kappa shape index (κ2) is 10.7. The van der Waals surface area contributed by atoms with Crippen LogP contribution in [0.2, 0.25) is 0 Å². The molecule has 2 aromatic rings. The predicted molar refractivity (Wildman–Crippen MR) is 113 cm³/mol. The number of alkyl halides is 1. The number of aryl methyl sites for hydroxylation is 2. The van der Waals surface area contributed by atoms with Crippen molar-refractivity contribution >= 4 is 26.7 Å². The highest BCUT2D eigenvalue weighted by atomic mass is 79.9. The summed E-state index contributed by atoms with van der Waals surface area (Å²) in [4.78, 5) is 2.03. The van der Waals surface area contributed by atoms with Crippen LogP contribution in [0.3, 0.4) is 0 Å². The van der Waals surface area contributed by atoms with Crippen LogP contribution in [-0.4, -0.2) is 9.04 Å². The van der Waals surface area contributed by atoms with Gasteiger partial charge < -0.3 is 0 Å². The van der Waals surface area contributed by atoms with Gasteiger partial charge in [0.25, 0.3) is 0 Å². The fraction of sp³-hybridized carbons (Fsp3) is 0.364. The molecule has 134 valence electrons. The molecule has 2 atom stereocenters. The lowest BCUT2D eigenvalue weighted by Crippen LogP contribution is -2.10. The van der Waals surface area contributed by atoms with Gasteiger partial charge in [-0.1, -0.05) is 89.8 Å². The van der Waals surface area contributed by atoms with E-state index in [2.05, 4.69) is 60.1 Å². The molecule has 2 aromatic carbocycles. The minimum absolute atomic E-state index is 0.131. The van der Waals surface area contributed by atoms with E-state index in [9.17, 15) is 4.21 Å². The Bertz CT molecular complexity index is 692. The summed E-state index contributed by atoms with van der Waals surface area (Å²) in [5, 5.41) is 0. The zero-order valence-electron chi connectivity index (χ0n) is 15.1. The predicted octanol–water partition coefficient (Wildman–Crippen LogP) is 6.57. The molecule has 25 heavy (non-hydrogen) atoms. The van der Waals surface area contributed by atoms with Gasteiger partial charge in [-0.25, -0.2) is 4.21 Å². The lowest BCUT2D eigenvalue weighted by atomic mass is 10.1. The number of hydrogen-bond acceptors (Lipinski definition) is 1. The standard InChI is InChI=1S/C22H27BrOS/c1-3-4-6-11-22(25(24)20-15-12-18(2)13-16-20)21(23)17-14-19-9-7-5-8-10-19/h5,7-13,15-16,21H,3-4,6,14,17H2,1-2H3/b22-11+. The van der Waals surface area contributed by atoms with E-state index in [4.69, 9.17) is 0 Å². The Morgan fingerprint density at radius 2 is 1.80 bits per heavy atom. The number of unbranched alkanes of at least 4 members (excludes halogenated alkanes) is 2. The van der Waals surface area contributed by atoms with Gasteiger partial charge in [-0.05, 0) is 43.9 Å². The van der Waals surface area contributed by atoms with Gasteiger partial charge >= 0.3 is 0 Å². The van der Waals surface area contributed by atoms with E-state index in [-0.39, 0.29) is 4.83 Å². The summed E-state index contributed by atoms with van der Waals surface area (Å²) in [6.07, 6.45) is 7.37. The first kappa shape index (κ1) is 20.1. The Labute approximate surface area is 163 Å². The van der Waals surface area contributed by atoms with E-state index in [1.807, 2.05) is 30.3 Å². The van der Waals surface area contributed by atoms with Crippen molar-refractivity contribution in [2.75, 3.05) is 0 Å². The largest absolute Gasteiger partial charge is 0.249 e. The molecule has 2 rings (SSSR count). The van der Waals surface area contributed by atoms with Gasteiger partial charge in [0.2, 0.25) is 0 Å². The third-order valence-corrected chi connectivity index (χ3v) is 7.02. The topological polar surface area (TPSA) is 17.1 Å². The Morgan fingerprint density at radius 3 is 2.44 bits per heavy atom. The minimum atomic E-state index is -1.11. The second-order valence-corrected chi connectivity index (χ2v) is 8.91. The van der Waals surface area contributed by atoms with Crippen LogP contribution in [-0.2, 0) is 17.2 Å². The molecule has 0 bridgehead atoms. The highest BCUT2D eigenvalue weighted by Crippen LogP contribution is 2.27. The third-order valence-electron chi connectivity index (χ3n) is 4.19. The molecule has 0 aliphatic heterocycles. The van der Waals surface area contributed by atoms with Crippen LogP contribution in [0.5, 0.6) is 0 Å². The van der Waals surface area contributed by atoms with Crippen LogP contribution in [0.1, 0.15) is 43.7 Å². The van der Waals surface area contributed by atoms with Crippen LogP contribution in [0.15, 0.2) is 70.5 Å². The average Bonchev–Trinajstić information content (AvgIpc) is 2.64. The first-order valence-electron chi connectivity index (χ1n) is 8.98. The Morgan fingerprint density at radius 1 is 1.12 bits per heavy atom. The minimum Gasteiger partial charge on any atom is -0.249 e. The monoisotopic (exact) mass is 418 g/mol. The Hall–Kier alpha value is -1.19. The number of benzene rings is 2. The van der Waals surface area contributed by atoms with Crippen LogP contribution in [0.25, 0.3) is 0 Å². The third kappa shape index (κ3) is 6.56. The normalized spacial score (nSPS) is 14.3. The van der Waals surface area contributed by atoms with E-state index in [0.717, 1.165) is 41.9 Å². The second-order valence-electron chi connectivity index (χ2n) is 6.32. The zero-order valence-corrected chi connectivity index (χ0v) is 17.5. The van der Waals surface area contributed by atoms with E-state index in [0.29, 0.717) is 0 Å². The summed E-state index contributed by atoms with van der Waals surface area (Å²) in [6.45, 7) is 4.24. The summed E-state index contributed by atoms with van der Waals surface area (Å²) < 4.78 is 13.1. The molecule has 1 nitrogen and oxygen atoms in total. The van der Waals surface area contributed by atoms with E-state index in [1.165, 1.54) is 11.1 Å². The SMILES string of the molecule is CCCC/C=C(\C(Br)CCc1ccccc1)S(=O)c1ccc(C)cc1. The van der Waals surface area contributed by atoms with Crippen molar-refractivity contribution in [2.24, 2.45) is 0 Å². The van der Waals surface area contributed by atoms with Crippen molar-refractivity contribution in [1.29, 1.82) is 0 Å². The fourth-order valence-electron chi connectivity index (χ4n) is 2.65. The lowest BCUT2D eigenvalue weighted by Gasteiger charge is -2.15. The molecule has 0 fully saturated rings. The molecule has 0 saturated heterocycles. The maximum Gasteiger partial charge on any atom is 0.0816 e. The van der Waals surface area contributed by atoms with Gasteiger partial charge in [-0.3, -0.25) is 0 Å². The number of rotatable bonds is 9. The fourth-order valence-corrected chi connectivity index (χ4v) is 4.85. The molecule has 3 heteroatoms. The van der Waals surface area contributed by atoms with Gasteiger partial charge in [0.05, 0.1) is 10.8 Å². The summed E-state index contributed by atoms with van der Waals surface area (Å²) in [5.41, 5.74) is 2.51. The van der Waals surface area contributed by atoms with Gasteiger partial charge in [-0.2, -0.15) is 0 Å². The van der Waals surface area contributed by atoms with Crippen molar-refractivity contribution in [3.8, 4) is 0 Å². The van der Waals surface area contributed by atoms with E-state index in [1.54, 1.807) is 0 Å². The first-order valence-corrected chi connectivity index (χ1v) is 11.0. The van der Waals surface area contributed by atoms with Crippen molar-refractivity contribution < 1.29 is 4.21 Å². The molecule has 0 heterocycles. The summed E-state index contributed by atoms with van der Waals surface area (Å²) >= 11 is 3.80. The molecule has 2 unspecified atom stereocenters. The molecular weight excluding hydrogens is 392 g/mol. The molecule has 0 amide bonds. The number of halogens is 1. The van der Waals surface area contributed by atoms with Gasteiger partial charge in [-0.15, -0.1) is 0 Å². The van der Waals surface area contributed by atoms with Gasteiger partial charge in [0, 0.05) is 14.6 Å². The number of allylic oxidation sites excluding steroid dienone is 2. The maximum atomic E-state index is 13.1. The highest BCUT2D eigenvalue weighted by Gasteiger charge is 2.18. The van der Waals surface area contributed by atoms with Crippen LogP contribution >= 0.6 is 15.9 Å². The molecule has 0 saturated carbocycles. The van der Waals surface area contributed by atoms with Crippen molar-refractivity contribution in [3.05, 3.63) is 76.7 Å². The van der Waals surface area contributed by atoms with Gasteiger partial charge in [0.1, 0.15) is 0 Å². The maximum absolute atomic E-state index is 13.1. The van der Waals surface area contributed by atoms with Crippen LogP contribution in [0.4, 0.5) is 0 Å². The Kier molecular flexibility index (Phi) is 8.63. The molecular formula is C22H27BrOS. The van der Waals surface area contributed by atoms with E-state index >= 15 is 0 Å². The molecule has 0 N–H and O–H groups in total. The van der Waals surface area contributed by atoms with Crippen molar-refractivity contribution in [1.82, 2.24) is 0 Å². The summed E-state index contributed by atoms with van der Waals surface area (Å²) in [5.74, 6) is 0. The zero-order chi connectivity index (χ0) is 18.1. The van der Waals surface area contributed by atoms with Crippen molar-refractivity contribution in [3.63, 3.8) is 0 Å². The number of hydrogen-bond donors (Lipinski definition) is 0. The molecule has 0 radical (unpaired) electrons. The summed E-state index contributed by atoms with van der Waals surface area (Å²) in [6, 6.07) is 18.5. The lowest BCUT2D eigenvalue weighted by molar-refractivity contribution is 0.684. The molecule has 0 aliphatic rings. The highest BCUT2D eigenvalue weighted by molar-refractivity contribution is 9.09. The van der Waals surface area contributed by atoms with E-state index < -0.39 is 10.8 Å².